The predicted molar refractivity (Wildman–Crippen MR) is 122 cm³/mol. The summed E-state index contributed by atoms with van der Waals surface area (Å²) in [6.45, 7) is 2.94. The average Bonchev–Trinajstić information content (AvgIpc) is 2.82. The summed E-state index contributed by atoms with van der Waals surface area (Å²) in [5.74, 6) is -2.16. The molecule has 0 unspecified atom stereocenters. The Bertz CT molecular complexity index is 1140. The molecule has 13 heteroatoms. The van der Waals surface area contributed by atoms with Crippen molar-refractivity contribution < 1.29 is 32.5 Å². The molecule has 2 aromatic rings. The fourth-order valence-corrected chi connectivity index (χ4v) is 4.26. The van der Waals surface area contributed by atoms with E-state index in [4.69, 9.17) is 4.74 Å². The van der Waals surface area contributed by atoms with Gasteiger partial charge in [0.25, 0.3) is 17.5 Å². The lowest BCUT2D eigenvalue weighted by molar-refractivity contribution is -0.384. The molecule has 0 aromatic heterocycles. The average molecular weight is 493 g/mol. The Morgan fingerprint density at radius 2 is 1.59 bits per heavy atom. The summed E-state index contributed by atoms with van der Waals surface area (Å²) in [6, 6.07) is 10.4. The molecule has 0 radical (unpaired) electrons. The Hall–Kier alpha value is -3.84. The first-order valence-corrected chi connectivity index (χ1v) is 11.6. The van der Waals surface area contributed by atoms with Gasteiger partial charge < -0.3 is 15.4 Å². The van der Waals surface area contributed by atoms with Gasteiger partial charge in [-0.15, -0.1) is 0 Å². The Kier molecular flexibility index (Phi) is 9.21. The number of ether oxygens (including phenoxy) is 1. The van der Waals surface area contributed by atoms with Crippen molar-refractivity contribution in [1.82, 2.24) is 9.62 Å². The van der Waals surface area contributed by atoms with Crippen LogP contribution in [0.2, 0.25) is 0 Å². The van der Waals surface area contributed by atoms with Crippen molar-refractivity contribution in [1.29, 1.82) is 0 Å². The number of anilines is 1. The van der Waals surface area contributed by atoms with Crippen LogP contribution in [-0.2, 0) is 24.3 Å². The van der Waals surface area contributed by atoms with Crippen LogP contribution in [0.4, 0.5) is 11.4 Å². The topological polar surface area (TPSA) is 165 Å². The van der Waals surface area contributed by atoms with Gasteiger partial charge in [-0.25, -0.2) is 8.42 Å². The number of hydrogen-bond acceptors (Lipinski definition) is 8. The monoisotopic (exact) mass is 492 g/mol. The molecule has 2 aromatic carbocycles. The highest BCUT2D eigenvalue weighted by atomic mass is 32.2. The SMILES string of the molecule is CCN(CC)S(=O)(=O)c1ccc(C(=O)NCC(=O)OCC(=O)Nc2ccc([N+](=O)[O-])cc2)cc1. The van der Waals surface area contributed by atoms with E-state index < -0.39 is 45.9 Å². The van der Waals surface area contributed by atoms with Crippen molar-refractivity contribution in [3.8, 4) is 0 Å². The second kappa shape index (κ2) is 11.9. The van der Waals surface area contributed by atoms with Gasteiger partial charge in [0.15, 0.2) is 6.61 Å². The number of carbonyl (C=O) groups is 3. The molecule has 0 atom stereocenters. The summed E-state index contributed by atoms with van der Waals surface area (Å²) in [4.78, 5) is 45.9. The third-order valence-electron chi connectivity index (χ3n) is 4.58. The third kappa shape index (κ3) is 7.08. The first kappa shape index (κ1) is 26.4. The van der Waals surface area contributed by atoms with Gasteiger partial charge in [0.1, 0.15) is 6.54 Å². The summed E-state index contributed by atoms with van der Waals surface area (Å²) in [6.07, 6.45) is 0. The van der Waals surface area contributed by atoms with Gasteiger partial charge in [-0.1, -0.05) is 13.8 Å². The van der Waals surface area contributed by atoms with E-state index in [2.05, 4.69) is 10.6 Å². The fraction of sp³-hybridized carbons (Fsp3) is 0.286. The minimum Gasteiger partial charge on any atom is -0.454 e. The van der Waals surface area contributed by atoms with E-state index in [1.807, 2.05) is 0 Å². The lowest BCUT2D eigenvalue weighted by Gasteiger charge is -2.18. The van der Waals surface area contributed by atoms with Crippen LogP contribution in [0, 0.1) is 10.1 Å². The first-order chi connectivity index (χ1) is 16.1. The number of hydrogen-bond donors (Lipinski definition) is 2. The zero-order valence-electron chi connectivity index (χ0n) is 18.5. The van der Waals surface area contributed by atoms with Crippen molar-refractivity contribution in [2.24, 2.45) is 0 Å². The van der Waals surface area contributed by atoms with Crippen molar-refractivity contribution in [3.63, 3.8) is 0 Å². The summed E-state index contributed by atoms with van der Waals surface area (Å²) < 4.78 is 31.0. The van der Waals surface area contributed by atoms with Gasteiger partial charge in [-0.2, -0.15) is 4.31 Å². The van der Waals surface area contributed by atoms with Crippen LogP contribution < -0.4 is 10.6 Å². The van der Waals surface area contributed by atoms with Crippen LogP contribution in [0.3, 0.4) is 0 Å². The number of sulfonamides is 1. The standard InChI is InChI=1S/C21H24N4O8S/c1-3-24(4-2)34(31,32)18-11-5-15(6-12-18)21(28)22-13-20(27)33-14-19(26)23-16-7-9-17(10-8-16)25(29)30/h5-12H,3-4,13-14H2,1-2H3,(H,22,28)(H,23,26). The molecule has 0 spiro atoms. The van der Waals surface area contributed by atoms with Crippen LogP contribution in [0.1, 0.15) is 24.2 Å². The van der Waals surface area contributed by atoms with Gasteiger partial charge >= 0.3 is 5.97 Å². The number of nitro groups is 1. The normalized spacial score (nSPS) is 11.0. The molecule has 0 heterocycles. The molecular weight excluding hydrogens is 468 g/mol. The maximum Gasteiger partial charge on any atom is 0.325 e. The molecule has 0 fully saturated rings. The molecule has 2 amide bonds. The van der Waals surface area contributed by atoms with E-state index >= 15 is 0 Å². The summed E-state index contributed by atoms with van der Waals surface area (Å²) in [5.41, 5.74) is 0.286. The number of non-ortho nitro benzene ring substituents is 1. The molecule has 0 aliphatic rings. The largest absolute Gasteiger partial charge is 0.454 e. The summed E-state index contributed by atoms with van der Waals surface area (Å²) >= 11 is 0. The van der Waals surface area contributed by atoms with Crippen LogP contribution in [0.25, 0.3) is 0 Å². The van der Waals surface area contributed by atoms with Crippen molar-refractivity contribution in [2.75, 3.05) is 31.6 Å². The van der Waals surface area contributed by atoms with Crippen LogP contribution in [0.5, 0.6) is 0 Å². The molecule has 0 saturated heterocycles. The Morgan fingerprint density at radius 1 is 1.00 bits per heavy atom. The van der Waals surface area contributed by atoms with Gasteiger partial charge in [0.05, 0.1) is 9.82 Å². The maximum atomic E-state index is 12.5. The summed E-state index contributed by atoms with van der Waals surface area (Å²) in [5, 5.41) is 15.4. The number of nitrogens with zero attached hydrogens (tertiary/aromatic N) is 2. The molecule has 2 rings (SSSR count). The Labute approximate surface area is 196 Å². The lowest BCUT2D eigenvalue weighted by atomic mass is 10.2. The second-order valence-electron chi connectivity index (χ2n) is 6.81. The molecule has 182 valence electrons. The fourth-order valence-electron chi connectivity index (χ4n) is 2.81. The molecule has 2 N–H and O–H groups in total. The molecule has 0 saturated carbocycles. The molecular formula is C21H24N4O8S. The van der Waals surface area contributed by atoms with Crippen molar-refractivity contribution >= 4 is 39.2 Å². The number of benzene rings is 2. The number of carbonyl (C=O) groups excluding carboxylic acids is 3. The van der Waals surface area contributed by atoms with E-state index in [1.54, 1.807) is 13.8 Å². The summed E-state index contributed by atoms with van der Waals surface area (Å²) in [7, 11) is -3.65. The Morgan fingerprint density at radius 3 is 2.12 bits per heavy atom. The third-order valence-corrected chi connectivity index (χ3v) is 6.64. The Balaban J connectivity index is 1.81. The lowest BCUT2D eigenvalue weighted by Crippen LogP contribution is -2.32. The number of nitro benzene ring substituents is 1. The highest BCUT2D eigenvalue weighted by Gasteiger charge is 2.21. The van der Waals surface area contributed by atoms with Crippen LogP contribution in [-0.4, -0.2) is 61.7 Å². The number of nitrogens with one attached hydrogen (secondary N) is 2. The molecule has 0 aliphatic heterocycles. The molecule has 0 bridgehead atoms. The van der Waals surface area contributed by atoms with E-state index in [-0.39, 0.29) is 21.8 Å². The smallest absolute Gasteiger partial charge is 0.325 e. The zero-order chi connectivity index (χ0) is 25.3. The van der Waals surface area contributed by atoms with Gasteiger partial charge in [0, 0.05) is 36.5 Å². The highest BCUT2D eigenvalue weighted by Crippen LogP contribution is 2.17. The first-order valence-electron chi connectivity index (χ1n) is 10.2. The number of rotatable bonds is 11. The van der Waals surface area contributed by atoms with Crippen LogP contribution >= 0.6 is 0 Å². The van der Waals surface area contributed by atoms with E-state index in [0.29, 0.717) is 13.1 Å². The number of esters is 1. The van der Waals surface area contributed by atoms with Gasteiger partial charge in [-0.3, -0.25) is 24.5 Å². The van der Waals surface area contributed by atoms with Crippen LogP contribution in [0.15, 0.2) is 53.4 Å². The minimum atomic E-state index is -3.65. The molecule has 12 nitrogen and oxygen atoms in total. The quantitative estimate of drug-likeness (QED) is 0.271. The molecule has 0 aliphatic carbocycles. The highest BCUT2D eigenvalue weighted by molar-refractivity contribution is 7.89. The zero-order valence-corrected chi connectivity index (χ0v) is 19.3. The minimum absolute atomic E-state index is 0.0474. The maximum absolute atomic E-state index is 12.5. The van der Waals surface area contributed by atoms with E-state index in [9.17, 15) is 32.9 Å². The second-order valence-corrected chi connectivity index (χ2v) is 8.75. The molecule has 34 heavy (non-hydrogen) atoms. The number of amides is 2. The van der Waals surface area contributed by atoms with Gasteiger partial charge in [0.2, 0.25) is 10.0 Å². The van der Waals surface area contributed by atoms with Gasteiger partial charge in [-0.05, 0) is 36.4 Å². The van der Waals surface area contributed by atoms with Crippen molar-refractivity contribution in [3.05, 3.63) is 64.2 Å². The van der Waals surface area contributed by atoms with E-state index in [0.717, 1.165) is 0 Å². The van der Waals surface area contributed by atoms with Crippen molar-refractivity contribution in [2.45, 2.75) is 18.7 Å². The predicted octanol–water partition coefficient (Wildman–Crippen LogP) is 1.54. The van der Waals surface area contributed by atoms with E-state index in [1.165, 1.54) is 52.8 Å².